The zero-order chi connectivity index (χ0) is 21.5. The Labute approximate surface area is 175 Å². The predicted octanol–water partition coefficient (Wildman–Crippen LogP) is 2.91. The number of amides is 1. The largest absolute Gasteiger partial charge is 0.419 e. The minimum absolute atomic E-state index is 0.0296. The minimum atomic E-state index is -0.571. The van der Waals surface area contributed by atoms with Gasteiger partial charge in [0.1, 0.15) is 0 Å². The number of carbonyl (C=O) groups is 1. The van der Waals surface area contributed by atoms with Crippen LogP contribution in [-0.4, -0.2) is 46.5 Å². The molecule has 0 spiro atoms. The molecule has 1 fully saturated rings. The number of nitrogens with one attached hydrogen (secondary N) is 1. The predicted molar refractivity (Wildman–Crippen MR) is 113 cm³/mol. The molecule has 1 unspecified atom stereocenters. The molecular formula is C21H30N4O5. The molecule has 1 aliphatic rings. The van der Waals surface area contributed by atoms with Crippen LogP contribution in [0.1, 0.15) is 45.4 Å². The zero-order valence-corrected chi connectivity index (χ0v) is 17.5. The van der Waals surface area contributed by atoms with Crippen LogP contribution in [-0.2, 0) is 11.3 Å². The summed E-state index contributed by atoms with van der Waals surface area (Å²) in [6, 6.07) is 4.08. The maximum absolute atomic E-state index is 12.0. The molecule has 0 bridgehead atoms. The third kappa shape index (κ3) is 5.91. The van der Waals surface area contributed by atoms with Crippen molar-refractivity contribution in [2.45, 2.75) is 52.0 Å². The minimum Gasteiger partial charge on any atom is -0.407 e. The molecule has 9 nitrogen and oxygen atoms in total. The summed E-state index contributed by atoms with van der Waals surface area (Å²) in [6.07, 6.45) is 5.45. The first-order valence-electron chi connectivity index (χ1n) is 10.7. The number of hydrogen-bond acceptors (Lipinski definition) is 6. The monoisotopic (exact) mass is 418 g/mol. The molecule has 1 atom stereocenters. The molecule has 1 amide bonds. The topological polar surface area (TPSA) is 111 Å². The number of nitrogens with zero attached hydrogens (tertiary/aromatic N) is 3. The van der Waals surface area contributed by atoms with Crippen molar-refractivity contribution in [3.8, 4) is 0 Å². The number of nitro groups is 1. The average Bonchev–Trinajstić information content (AvgIpc) is 3.02. The highest BCUT2D eigenvalue weighted by molar-refractivity contribution is 5.76. The summed E-state index contributed by atoms with van der Waals surface area (Å²) >= 11 is 0. The van der Waals surface area contributed by atoms with E-state index in [2.05, 4.69) is 17.1 Å². The number of unbranched alkanes of at least 4 members (excludes halogenated alkanes) is 1. The summed E-state index contributed by atoms with van der Waals surface area (Å²) in [4.78, 5) is 36.9. The second-order valence-electron chi connectivity index (χ2n) is 8.14. The van der Waals surface area contributed by atoms with Gasteiger partial charge in [0.05, 0.1) is 16.5 Å². The normalized spacial score (nSPS) is 17.3. The van der Waals surface area contributed by atoms with Gasteiger partial charge >= 0.3 is 5.76 Å². The van der Waals surface area contributed by atoms with Crippen LogP contribution in [0.2, 0.25) is 0 Å². The number of aryl methyl sites for hydroxylation is 1. The van der Waals surface area contributed by atoms with Crippen molar-refractivity contribution in [2.75, 3.05) is 26.2 Å². The Kier molecular flexibility index (Phi) is 7.62. The first-order chi connectivity index (χ1) is 14.4. The van der Waals surface area contributed by atoms with E-state index in [1.54, 1.807) is 0 Å². The lowest BCUT2D eigenvalue weighted by Crippen LogP contribution is -2.35. The third-order valence-electron chi connectivity index (χ3n) is 5.61. The van der Waals surface area contributed by atoms with E-state index in [1.807, 2.05) is 0 Å². The quantitative estimate of drug-likeness (QED) is 0.361. The van der Waals surface area contributed by atoms with Crippen LogP contribution in [0.3, 0.4) is 0 Å². The number of likely N-dealkylation sites (tertiary alicyclic amines) is 1. The van der Waals surface area contributed by atoms with Crippen molar-refractivity contribution in [1.29, 1.82) is 0 Å². The molecule has 1 saturated heterocycles. The smallest absolute Gasteiger partial charge is 0.407 e. The molecule has 3 rings (SSSR count). The molecule has 0 aliphatic carbocycles. The maximum Gasteiger partial charge on any atom is 0.419 e. The standard InChI is InChI=1S/C21H30N4O5/c1-16-6-4-12-23(15-16)11-3-2-10-22-20(26)7-5-13-24-18-9-8-17(25(28)29)14-19(18)30-21(24)27/h8-9,14,16H,2-7,10-13,15H2,1H3,(H,22,26). The van der Waals surface area contributed by atoms with E-state index in [0.717, 1.165) is 25.3 Å². The molecule has 30 heavy (non-hydrogen) atoms. The van der Waals surface area contributed by atoms with Crippen molar-refractivity contribution in [2.24, 2.45) is 5.92 Å². The number of benzene rings is 1. The van der Waals surface area contributed by atoms with E-state index in [4.69, 9.17) is 4.42 Å². The Morgan fingerprint density at radius 1 is 1.30 bits per heavy atom. The summed E-state index contributed by atoms with van der Waals surface area (Å²) in [5.41, 5.74) is 0.553. The molecule has 1 aliphatic heterocycles. The van der Waals surface area contributed by atoms with Gasteiger partial charge in [0, 0.05) is 32.1 Å². The van der Waals surface area contributed by atoms with Crippen molar-refractivity contribution in [1.82, 2.24) is 14.8 Å². The lowest BCUT2D eigenvalue weighted by molar-refractivity contribution is -0.384. The molecule has 164 valence electrons. The van der Waals surface area contributed by atoms with Crippen LogP contribution < -0.4 is 11.1 Å². The lowest BCUT2D eigenvalue weighted by Gasteiger charge is -2.30. The van der Waals surface area contributed by atoms with Crippen molar-refractivity contribution < 1.29 is 14.1 Å². The number of carbonyl (C=O) groups excluding carboxylic acids is 1. The van der Waals surface area contributed by atoms with Crippen LogP contribution in [0.5, 0.6) is 0 Å². The molecule has 1 aromatic carbocycles. The summed E-state index contributed by atoms with van der Waals surface area (Å²) in [5, 5.41) is 13.8. The van der Waals surface area contributed by atoms with Crippen molar-refractivity contribution >= 4 is 22.7 Å². The van der Waals surface area contributed by atoms with E-state index in [0.29, 0.717) is 31.4 Å². The van der Waals surface area contributed by atoms with E-state index in [9.17, 15) is 19.7 Å². The Hall–Kier alpha value is -2.68. The highest BCUT2D eigenvalue weighted by Gasteiger charge is 2.16. The third-order valence-corrected chi connectivity index (χ3v) is 5.61. The fourth-order valence-corrected chi connectivity index (χ4v) is 4.04. The van der Waals surface area contributed by atoms with Crippen molar-refractivity contribution in [3.63, 3.8) is 0 Å². The lowest BCUT2D eigenvalue weighted by atomic mass is 10.0. The molecule has 1 N–H and O–H groups in total. The van der Waals surface area contributed by atoms with Crippen LogP contribution in [0.25, 0.3) is 11.1 Å². The highest BCUT2D eigenvalue weighted by Crippen LogP contribution is 2.20. The Morgan fingerprint density at radius 2 is 2.13 bits per heavy atom. The zero-order valence-electron chi connectivity index (χ0n) is 17.5. The maximum atomic E-state index is 12.0. The van der Waals surface area contributed by atoms with Gasteiger partial charge < -0.3 is 14.6 Å². The molecule has 2 aromatic rings. The molecular weight excluding hydrogens is 388 g/mol. The number of hydrogen-bond donors (Lipinski definition) is 1. The van der Waals surface area contributed by atoms with E-state index in [1.165, 1.54) is 48.7 Å². The van der Waals surface area contributed by atoms with Crippen LogP contribution in [0, 0.1) is 16.0 Å². The number of piperidine rings is 1. The fourth-order valence-electron chi connectivity index (χ4n) is 4.04. The molecule has 0 saturated carbocycles. The van der Waals surface area contributed by atoms with Crippen molar-refractivity contribution in [3.05, 3.63) is 38.9 Å². The SMILES string of the molecule is CC1CCCN(CCCCNC(=O)CCCn2c(=O)oc3cc([N+](=O)[O-])ccc32)C1. The first kappa shape index (κ1) is 22.0. The molecule has 0 radical (unpaired) electrons. The van der Waals surface area contributed by atoms with E-state index in [-0.39, 0.29) is 17.2 Å². The summed E-state index contributed by atoms with van der Waals surface area (Å²) in [7, 11) is 0. The highest BCUT2D eigenvalue weighted by atomic mass is 16.6. The number of aromatic nitrogens is 1. The number of rotatable bonds is 10. The van der Waals surface area contributed by atoms with Gasteiger partial charge in [0.2, 0.25) is 5.91 Å². The number of oxazole rings is 1. The van der Waals surface area contributed by atoms with Crippen LogP contribution >= 0.6 is 0 Å². The van der Waals surface area contributed by atoms with Gasteiger partial charge in [0.25, 0.3) is 5.69 Å². The average molecular weight is 418 g/mol. The van der Waals surface area contributed by atoms with Gasteiger partial charge in [-0.15, -0.1) is 0 Å². The van der Waals surface area contributed by atoms with Crippen LogP contribution in [0.4, 0.5) is 5.69 Å². The van der Waals surface area contributed by atoms with Gasteiger partial charge in [-0.05, 0) is 57.2 Å². The van der Waals surface area contributed by atoms with Gasteiger partial charge in [-0.1, -0.05) is 6.92 Å². The second-order valence-corrected chi connectivity index (χ2v) is 8.14. The first-order valence-corrected chi connectivity index (χ1v) is 10.7. The Bertz CT molecular complexity index is 935. The number of fused-ring (bicyclic) bond motifs is 1. The Morgan fingerprint density at radius 3 is 2.90 bits per heavy atom. The molecule has 2 heterocycles. The van der Waals surface area contributed by atoms with Gasteiger partial charge in [-0.2, -0.15) is 0 Å². The van der Waals surface area contributed by atoms with E-state index < -0.39 is 10.7 Å². The van der Waals surface area contributed by atoms with Gasteiger partial charge in [-0.25, -0.2) is 4.79 Å². The summed E-state index contributed by atoms with van der Waals surface area (Å²) in [5.74, 6) is 0.185. The summed E-state index contributed by atoms with van der Waals surface area (Å²) < 4.78 is 6.50. The van der Waals surface area contributed by atoms with E-state index >= 15 is 0 Å². The molecule has 1 aromatic heterocycles. The second kappa shape index (κ2) is 10.4. The summed E-state index contributed by atoms with van der Waals surface area (Å²) in [6.45, 7) is 6.75. The fraction of sp³-hybridized carbons (Fsp3) is 0.619. The van der Waals surface area contributed by atoms with Gasteiger partial charge in [-0.3, -0.25) is 19.5 Å². The van der Waals surface area contributed by atoms with Gasteiger partial charge in [0.15, 0.2) is 5.58 Å². The Balaban J connectivity index is 1.36. The number of non-ortho nitro benzene ring substituents is 1. The number of nitro benzene ring substituents is 1. The van der Waals surface area contributed by atoms with Crippen LogP contribution in [0.15, 0.2) is 27.4 Å². The molecule has 9 heteroatoms.